The Balaban J connectivity index is 1.55. The molecule has 2 aromatic rings. The molecule has 4 heteroatoms. The molecule has 2 heterocycles. The Labute approximate surface area is 122 Å². The molecule has 1 unspecified atom stereocenters. The van der Waals surface area contributed by atoms with Gasteiger partial charge in [0.1, 0.15) is 0 Å². The Bertz CT molecular complexity index is 540. The zero-order valence-corrected chi connectivity index (χ0v) is 12.9. The van der Waals surface area contributed by atoms with Crippen LogP contribution in [0.25, 0.3) is 0 Å². The van der Waals surface area contributed by atoms with Gasteiger partial charge in [-0.25, -0.2) is 4.98 Å². The van der Waals surface area contributed by atoms with Gasteiger partial charge in [-0.05, 0) is 32.0 Å². The van der Waals surface area contributed by atoms with Crippen LogP contribution in [0.2, 0.25) is 0 Å². The van der Waals surface area contributed by atoms with E-state index in [1.54, 1.807) is 11.3 Å². The number of rotatable bonds is 4. The Morgan fingerprint density at radius 2 is 2.21 bits per heavy atom. The second-order valence-corrected chi connectivity index (χ2v) is 7.51. The molecule has 3 rings (SSSR count). The van der Waals surface area contributed by atoms with Crippen molar-refractivity contribution in [3.8, 4) is 0 Å². The van der Waals surface area contributed by atoms with E-state index in [2.05, 4.69) is 53.5 Å². The maximum Gasteiger partial charge on any atom is 0.0897 e. The Hall–Kier alpha value is -0.840. The number of thioether (sulfide) groups is 1. The van der Waals surface area contributed by atoms with Crippen molar-refractivity contribution in [1.82, 2.24) is 9.88 Å². The number of aromatic nitrogens is 1. The van der Waals surface area contributed by atoms with Gasteiger partial charge in [0.15, 0.2) is 0 Å². The minimum Gasteiger partial charge on any atom is -0.299 e. The van der Waals surface area contributed by atoms with Crippen molar-refractivity contribution in [2.24, 2.45) is 0 Å². The molecule has 0 saturated carbocycles. The molecule has 19 heavy (non-hydrogen) atoms. The number of benzene rings is 1. The minimum atomic E-state index is 0.683. The van der Waals surface area contributed by atoms with Gasteiger partial charge in [0, 0.05) is 28.6 Å². The highest BCUT2D eigenvalue weighted by molar-refractivity contribution is 8.00. The summed E-state index contributed by atoms with van der Waals surface area (Å²) < 4.78 is 0. The quantitative estimate of drug-likeness (QED) is 0.856. The molecule has 1 aliphatic rings. The van der Waals surface area contributed by atoms with Crippen LogP contribution < -0.4 is 0 Å². The Kier molecular flexibility index (Phi) is 3.91. The van der Waals surface area contributed by atoms with Gasteiger partial charge in [-0.1, -0.05) is 18.2 Å². The molecule has 0 radical (unpaired) electrons. The first kappa shape index (κ1) is 13.2. The molecule has 0 bridgehead atoms. The summed E-state index contributed by atoms with van der Waals surface area (Å²) in [6.07, 6.45) is 1.20. The van der Waals surface area contributed by atoms with Gasteiger partial charge in [0.25, 0.3) is 0 Å². The maximum absolute atomic E-state index is 4.53. The van der Waals surface area contributed by atoms with Gasteiger partial charge in [-0.2, -0.15) is 0 Å². The number of aryl methyl sites for hydroxylation is 1. The monoisotopic (exact) mass is 290 g/mol. The van der Waals surface area contributed by atoms with E-state index in [4.69, 9.17) is 0 Å². The van der Waals surface area contributed by atoms with Crippen LogP contribution in [0.1, 0.15) is 16.3 Å². The van der Waals surface area contributed by atoms with Crippen LogP contribution in [0, 0.1) is 6.92 Å². The lowest BCUT2D eigenvalue weighted by atomic mass is 10.1. The first-order valence-corrected chi connectivity index (χ1v) is 8.31. The summed E-state index contributed by atoms with van der Waals surface area (Å²) in [5.41, 5.74) is 2.71. The van der Waals surface area contributed by atoms with E-state index in [0.29, 0.717) is 5.25 Å². The van der Waals surface area contributed by atoms with Gasteiger partial charge in [-0.15, -0.1) is 23.1 Å². The molecule has 0 N–H and O–H groups in total. The third-order valence-corrected chi connectivity index (χ3v) is 5.45. The number of nitrogens with zero attached hydrogens (tertiary/aromatic N) is 2. The van der Waals surface area contributed by atoms with Crippen LogP contribution in [0.5, 0.6) is 0 Å². The number of thiazole rings is 1. The standard InChI is InChI=1S/C15H18N2S2/c1-11-16-13(10-18-11)8-17(2)9-14-7-12-5-3-4-6-15(12)19-14/h3-6,10,14H,7-9H2,1-2H3. The first-order chi connectivity index (χ1) is 9.20. The molecule has 0 aliphatic carbocycles. The lowest BCUT2D eigenvalue weighted by Crippen LogP contribution is -2.26. The third-order valence-electron chi connectivity index (χ3n) is 3.33. The molecule has 0 amide bonds. The predicted molar refractivity (Wildman–Crippen MR) is 83.0 cm³/mol. The fourth-order valence-electron chi connectivity index (χ4n) is 2.53. The number of hydrogen-bond donors (Lipinski definition) is 0. The van der Waals surface area contributed by atoms with Crippen molar-refractivity contribution in [2.75, 3.05) is 13.6 Å². The van der Waals surface area contributed by atoms with Gasteiger partial charge >= 0.3 is 0 Å². The Morgan fingerprint density at radius 1 is 1.37 bits per heavy atom. The van der Waals surface area contributed by atoms with Crippen LogP contribution in [0.3, 0.4) is 0 Å². The number of hydrogen-bond acceptors (Lipinski definition) is 4. The van der Waals surface area contributed by atoms with Crippen molar-refractivity contribution in [3.63, 3.8) is 0 Å². The molecular formula is C15H18N2S2. The molecular weight excluding hydrogens is 272 g/mol. The fraction of sp³-hybridized carbons (Fsp3) is 0.400. The molecule has 0 spiro atoms. The SMILES string of the molecule is Cc1nc(CN(C)CC2Cc3ccccc3S2)cs1. The van der Waals surface area contributed by atoms with Crippen molar-refractivity contribution < 1.29 is 0 Å². The summed E-state index contributed by atoms with van der Waals surface area (Å²) >= 11 is 3.76. The normalized spacial score (nSPS) is 17.9. The van der Waals surface area contributed by atoms with Crippen molar-refractivity contribution >= 4 is 23.1 Å². The summed E-state index contributed by atoms with van der Waals surface area (Å²) in [5, 5.41) is 4.01. The third kappa shape index (κ3) is 3.19. The number of fused-ring (bicyclic) bond motifs is 1. The van der Waals surface area contributed by atoms with Gasteiger partial charge in [0.05, 0.1) is 10.7 Å². The topological polar surface area (TPSA) is 16.1 Å². The largest absolute Gasteiger partial charge is 0.299 e. The second kappa shape index (κ2) is 5.65. The fourth-order valence-corrected chi connectivity index (χ4v) is 4.54. The maximum atomic E-state index is 4.53. The van der Waals surface area contributed by atoms with Crippen LogP contribution in [-0.4, -0.2) is 28.7 Å². The van der Waals surface area contributed by atoms with Crippen LogP contribution >= 0.6 is 23.1 Å². The minimum absolute atomic E-state index is 0.683. The molecule has 0 saturated heterocycles. The Morgan fingerprint density at radius 3 is 2.95 bits per heavy atom. The molecule has 2 nitrogen and oxygen atoms in total. The summed E-state index contributed by atoms with van der Waals surface area (Å²) in [6, 6.07) is 8.77. The van der Waals surface area contributed by atoms with E-state index in [1.165, 1.54) is 22.6 Å². The average Bonchev–Trinajstić information content (AvgIpc) is 2.94. The highest BCUT2D eigenvalue weighted by Crippen LogP contribution is 2.36. The second-order valence-electron chi connectivity index (χ2n) is 5.11. The summed E-state index contributed by atoms with van der Waals surface area (Å²) in [4.78, 5) is 8.39. The summed E-state index contributed by atoms with van der Waals surface area (Å²) in [5.74, 6) is 0. The first-order valence-electron chi connectivity index (χ1n) is 6.55. The molecule has 100 valence electrons. The van der Waals surface area contributed by atoms with E-state index < -0.39 is 0 Å². The van der Waals surface area contributed by atoms with Crippen molar-refractivity contribution in [3.05, 3.63) is 45.9 Å². The van der Waals surface area contributed by atoms with E-state index in [9.17, 15) is 0 Å². The van der Waals surface area contributed by atoms with Crippen LogP contribution in [-0.2, 0) is 13.0 Å². The molecule has 1 aliphatic heterocycles. The van der Waals surface area contributed by atoms with E-state index in [0.717, 1.165) is 18.1 Å². The van der Waals surface area contributed by atoms with E-state index in [1.807, 2.05) is 11.8 Å². The highest BCUT2D eigenvalue weighted by atomic mass is 32.2. The van der Waals surface area contributed by atoms with Gasteiger partial charge in [-0.3, -0.25) is 4.90 Å². The lowest BCUT2D eigenvalue weighted by molar-refractivity contribution is 0.324. The van der Waals surface area contributed by atoms with Crippen molar-refractivity contribution in [2.45, 2.75) is 30.0 Å². The van der Waals surface area contributed by atoms with Gasteiger partial charge in [0.2, 0.25) is 0 Å². The van der Waals surface area contributed by atoms with Crippen molar-refractivity contribution in [1.29, 1.82) is 0 Å². The molecule has 1 aromatic carbocycles. The summed E-state index contributed by atoms with van der Waals surface area (Å²) in [7, 11) is 2.19. The lowest BCUT2D eigenvalue weighted by Gasteiger charge is -2.19. The zero-order valence-electron chi connectivity index (χ0n) is 11.3. The predicted octanol–water partition coefficient (Wildman–Crippen LogP) is 3.60. The zero-order chi connectivity index (χ0) is 13.2. The van der Waals surface area contributed by atoms with Gasteiger partial charge < -0.3 is 0 Å². The molecule has 1 aromatic heterocycles. The summed E-state index contributed by atoms with van der Waals surface area (Å²) in [6.45, 7) is 4.14. The van der Waals surface area contributed by atoms with Crippen LogP contribution in [0.15, 0.2) is 34.5 Å². The molecule has 0 fully saturated rings. The van der Waals surface area contributed by atoms with Crippen LogP contribution in [0.4, 0.5) is 0 Å². The van der Waals surface area contributed by atoms with E-state index in [-0.39, 0.29) is 0 Å². The average molecular weight is 290 g/mol. The molecule has 1 atom stereocenters. The highest BCUT2D eigenvalue weighted by Gasteiger charge is 2.22. The van der Waals surface area contributed by atoms with E-state index >= 15 is 0 Å². The smallest absolute Gasteiger partial charge is 0.0897 e.